The summed E-state index contributed by atoms with van der Waals surface area (Å²) in [6.07, 6.45) is -4.44. The molecule has 0 unspecified atom stereocenters. The average molecular weight is 329 g/mol. The predicted molar refractivity (Wildman–Crippen MR) is 71.6 cm³/mol. The van der Waals surface area contributed by atoms with E-state index >= 15 is 0 Å². The molecule has 0 fully saturated rings. The lowest BCUT2D eigenvalue weighted by Gasteiger charge is -2.08. The van der Waals surface area contributed by atoms with Gasteiger partial charge in [0.15, 0.2) is 0 Å². The molecule has 0 saturated heterocycles. The molecule has 10 heteroatoms. The largest absolute Gasteiger partial charge is 0.476 e. The normalized spacial score (nSPS) is 11.5. The van der Waals surface area contributed by atoms with Crippen LogP contribution in [-0.2, 0) is 12.6 Å². The van der Waals surface area contributed by atoms with E-state index in [0.717, 1.165) is 28.9 Å². The Morgan fingerprint density at radius 1 is 1.35 bits per heavy atom. The van der Waals surface area contributed by atoms with E-state index in [1.807, 2.05) is 0 Å². The van der Waals surface area contributed by atoms with Gasteiger partial charge in [-0.05, 0) is 30.7 Å². The highest BCUT2D eigenvalue weighted by Crippen LogP contribution is 2.31. The van der Waals surface area contributed by atoms with Gasteiger partial charge in [-0.25, -0.2) is 9.48 Å². The Labute approximate surface area is 127 Å². The first-order valence-electron chi connectivity index (χ1n) is 6.34. The van der Waals surface area contributed by atoms with Crippen molar-refractivity contribution in [2.75, 3.05) is 0 Å². The smallest absolute Gasteiger partial charge is 0.416 e. The summed E-state index contributed by atoms with van der Waals surface area (Å²) in [5.41, 5.74) is -2.37. The Kier molecular flexibility index (Phi) is 4.08. The molecule has 1 aromatic heterocycles. The molecule has 1 aromatic carbocycles. The summed E-state index contributed by atoms with van der Waals surface area (Å²) in [6.45, 7) is 1.55. The number of rotatable bonds is 4. The third kappa shape index (κ3) is 3.00. The third-order valence-electron chi connectivity index (χ3n) is 3.09. The Morgan fingerprint density at radius 3 is 2.30 bits per heavy atom. The molecule has 0 atom stereocenters. The number of carboxylic acid groups (broad SMARTS) is 1. The number of aromatic carboxylic acids is 1. The molecule has 0 bridgehead atoms. The van der Waals surface area contributed by atoms with Gasteiger partial charge in [-0.15, -0.1) is 0 Å². The number of nitro groups is 1. The summed E-state index contributed by atoms with van der Waals surface area (Å²) in [4.78, 5) is 21.5. The van der Waals surface area contributed by atoms with Gasteiger partial charge < -0.3 is 5.11 Å². The Balaban J connectivity index is 2.64. The second-order valence-electron chi connectivity index (χ2n) is 4.52. The number of aromatic nitrogens is 2. The minimum Gasteiger partial charge on any atom is -0.476 e. The lowest BCUT2D eigenvalue weighted by Crippen LogP contribution is -2.11. The zero-order valence-electron chi connectivity index (χ0n) is 11.7. The van der Waals surface area contributed by atoms with E-state index in [1.54, 1.807) is 6.92 Å². The number of aryl methyl sites for hydroxylation is 1. The fraction of sp³-hybridized carbons (Fsp3) is 0.231. The molecule has 7 nitrogen and oxygen atoms in total. The standard InChI is InChI=1S/C13H10F3N3O4/c1-2-9-10(19(22)23)11(12(20)21)18(17-9)8-5-3-7(4-6-8)13(14,15)16/h3-6H,2H2,1H3,(H,20,21). The Hall–Kier alpha value is -2.91. The second-order valence-corrected chi connectivity index (χ2v) is 4.52. The van der Waals surface area contributed by atoms with Gasteiger partial charge in [0.25, 0.3) is 0 Å². The molecular weight excluding hydrogens is 319 g/mol. The van der Waals surface area contributed by atoms with Gasteiger partial charge >= 0.3 is 17.8 Å². The van der Waals surface area contributed by atoms with Gasteiger partial charge in [-0.2, -0.15) is 18.3 Å². The molecule has 2 rings (SSSR count). The Morgan fingerprint density at radius 2 is 1.91 bits per heavy atom. The summed E-state index contributed by atoms with van der Waals surface area (Å²) in [5.74, 6) is -1.59. The first-order chi connectivity index (χ1) is 10.7. The number of benzene rings is 1. The first kappa shape index (κ1) is 16.5. The van der Waals surface area contributed by atoms with E-state index in [0.29, 0.717) is 0 Å². The van der Waals surface area contributed by atoms with Crippen LogP contribution >= 0.6 is 0 Å². The number of hydrogen-bond acceptors (Lipinski definition) is 4. The molecular formula is C13H10F3N3O4. The Bertz CT molecular complexity index is 766. The number of carboxylic acids is 1. The van der Waals surface area contributed by atoms with Crippen molar-refractivity contribution in [3.8, 4) is 5.69 Å². The summed E-state index contributed by atoms with van der Waals surface area (Å²) in [7, 11) is 0. The van der Waals surface area contributed by atoms with Gasteiger partial charge in [0.05, 0.1) is 16.2 Å². The maximum absolute atomic E-state index is 12.6. The predicted octanol–water partition coefficient (Wildman–Crippen LogP) is 3.06. The molecule has 1 N–H and O–H groups in total. The highest BCUT2D eigenvalue weighted by molar-refractivity contribution is 5.91. The van der Waals surface area contributed by atoms with Crippen LogP contribution in [-0.4, -0.2) is 25.8 Å². The van der Waals surface area contributed by atoms with Crippen LogP contribution < -0.4 is 0 Å². The summed E-state index contributed by atoms with van der Waals surface area (Å²) < 4.78 is 38.4. The van der Waals surface area contributed by atoms with Crippen LogP contribution in [0, 0.1) is 10.1 Å². The van der Waals surface area contributed by atoms with Crippen LogP contribution in [0.15, 0.2) is 24.3 Å². The van der Waals surface area contributed by atoms with Crippen LogP contribution in [0.5, 0.6) is 0 Å². The van der Waals surface area contributed by atoms with Crippen molar-refractivity contribution in [3.63, 3.8) is 0 Å². The summed E-state index contributed by atoms with van der Waals surface area (Å²) >= 11 is 0. The topological polar surface area (TPSA) is 98.3 Å². The molecule has 0 saturated carbocycles. The monoisotopic (exact) mass is 329 g/mol. The maximum atomic E-state index is 12.6. The van der Waals surface area contributed by atoms with E-state index in [1.165, 1.54) is 0 Å². The minimum absolute atomic E-state index is 0.0156. The SMILES string of the molecule is CCc1nn(-c2ccc(C(F)(F)F)cc2)c(C(=O)O)c1[N+](=O)[O-]. The van der Waals surface area contributed by atoms with Gasteiger partial charge in [-0.3, -0.25) is 10.1 Å². The van der Waals surface area contributed by atoms with Crippen LogP contribution in [0.1, 0.15) is 28.7 Å². The number of hydrogen-bond donors (Lipinski definition) is 1. The molecule has 0 aliphatic carbocycles. The molecule has 122 valence electrons. The molecule has 23 heavy (non-hydrogen) atoms. The van der Waals surface area contributed by atoms with Gasteiger partial charge in [0, 0.05) is 0 Å². The first-order valence-corrected chi connectivity index (χ1v) is 6.34. The van der Waals surface area contributed by atoms with Gasteiger partial charge in [0.2, 0.25) is 5.69 Å². The summed E-state index contributed by atoms with van der Waals surface area (Å²) in [5, 5.41) is 24.1. The lowest BCUT2D eigenvalue weighted by atomic mass is 10.2. The lowest BCUT2D eigenvalue weighted by molar-refractivity contribution is -0.385. The summed E-state index contributed by atoms with van der Waals surface area (Å²) in [6, 6.07) is 3.51. The van der Waals surface area contributed by atoms with Crippen LogP contribution in [0.25, 0.3) is 5.69 Å². The molecule has 0 aliphatic heterocycles. The molecule has 0 spiro atoms. The van der Waals surface area contributed by atoms with Crippen molar-refractivity contribution in [2.45, 2.75) is 19.5 Å². The fourth-order valence-electron chi connectivity index (χ4n) is 2.06. The van der Waals surface area contributed by atoms with E-state index in [9.17, 15) is 33.2 Å². The highest BCUT2D eigenvalue weighted by Gasteiger charge is 2.33. The maximum Gasteiger partial charge on any atom is 0.416 e. The number of nitrogens with zero attached hydrogens (tertiary/aromatic N) is 3. The zero-order valence-corrected chi connectivity index (χ0v) is 11.7. The van der Waals surface area contributed by atoms with Gasteiger partial charge in [-0.1, -0.05) is 6.92 Å². The van der Waals surface area contributed by atoms with E-state index < -0.39 is 34.0 Å². The van der Waals surface area contributed by atoms with Crippen molar-refractivity contribution >= 4 is 11.7 Å². The van der Waals surface area contributed by atoms with Crippen molar-refractivity contribution in [1.29, 1.82) is 0 Å². The van der Waals surface area contributed by atoms with Crippen molar-refractivity contribution in [2.24, 2.45) is 0 Å². The second kappa shape index (κ2) is 5.71. The van der Waals surface area contributed by atoms with E-state index in [2.05, 4.69) is 5.10 Å². The minimum atomic E-state index is -4.54. The van der Waals surface area contributed by atoms with Crippen molar-refractivity contribution in [1.82, 2.24) is 9.78 Å². The molecule has 0 radical (unpaired) electrons. The molecule has 1 heterocycles. The molecule has 0 aliphatic rings. The zero-order chi connectivity index (χ0) is 17.4. The van der Waals surface area contributed by atoms with Crippen LogP contribution in [0.3, 0.4) is 0 Å². The van der Waals surface area contributed by atoms with Crippen LogP contribution in [0.4, 0.5) is 18.9 Å². The number of carbonyl (C=O) groups is 1. The molecule has 2 aromatic rings. The van der Waals surface area contributed by atoms with Gasteiger partial charge in [0.1, 0.15) is 5.69 Å². The highest BCUT2D eigenvalue weighted by atomic mass is 19.4. The molecule has 0 amide bonds. The van der Waals surface area contributed by atoms with Crippen molar-refractivity contribution in [3.05, 3.63) is 51.3 Å². The average Bonchev–Trinajstić information content (AvgIpc) is 2.86. The van der Waals surface area contributed by atoms with E-state index in [-0.39, 0.29) is 17.8 Å². The number of alkyl halides is 3. The quantitative estimate of drug-likeness (QED) is 0.686. The van der Waals surface area contributed by atoms with Crippen LogP contribution in [0.2, 0.25) is 0 Å². The van der Waals surface area contributed by atoms with Crippen molar-refractivity contribution < 1.29 is 28.0 Å². The van der Waals surface area contributed by atoms with E-state index in [4.69, 9.17) is 0 Å². The number of halogens is 3. The fourth-order valence-corrected chi connectivity index (χ4v) is 2.06. The third-order valence-corrected chi connectivity index (χ3v) is 3.09.